The molecule has 21 heavy (non-hydrogen) atoms. The molecule has 1 aromatic heterocycles. The van der Waals surface area contributed by atoms with E-state index in [1.807, 2.05) is 0 Å². The monoisotopic (exact) mass is 292 g/mol. The fourth-order valence-corrected chi connectivity index (χ4v) is 3.26. The van der Waals surface area contributed by atoms with Gasteiger partial charge in [-0.2, -0.15) is 0 Å². The van der Waals surface area contributed by atoms with Crippen molar-refractivity contribution in [3.05, 3.63) is 11.9 Å². The Morgan fingerprint density at radius 1 is 1.48 bits per heavy atom. The van der Waals surface area contributed by atoms with E-state index in [-0.39, 0.29) is 0 Å². The number of likely N-dealkylation sites (tertiary alicyclic amines) is 1. The first-order chi connectivity index (χ1) is 10.1. The molecule has 0 spiro atoms. The Bertz CT molecular complexity index is 461. The van der Waals surface area contributed by atoms with Crippen LogP contribution in [0.5, 0.6) is 0 Å². The van der Waals surface area contributed by atoms with Crippen LogP contribution in [-0.2, 0) is 0 Å². The number of hydrogen-bond acceptors (Lipinski definition) is 6. The zero-order valence-corrected chi connectivity index (χ0v) is 13.6. The number of nitrogens with zero attached hydrogens (tertiary/aromatic N) is 4. The summed E-state index contributed by atoms with van der Waals surface area (Å²) >= 11 is 0. The molecule has 1 fully saturated rings. The summed E-state index contributed by atoms with van der Waals surface area (Å²) in [7, 11) is 2.11. The summed E-state index contributed by atoms with van der Waals surface area (Å²) in [6.07, 6.45) is 4.14. The number of nitrogens with one attached hydrogen (secondary N) is 1. The van der Waals surface area contributed by atoms with E-state index in [2.05, 4.69) is 53.0 Å². The molecular formula is C15H28N6. The Morgan fingerprint density at radius 3 is 2.86 bits per heavy atom. The molecule has 0 bridgehead atoms. The van der Waals surface area contributed by atoms with Crippen molar-refractivity contribution in [3.63, 3.8) is 0 Å². The van der Waals surface area contributed by atoms with Crippen molar-refractivity contribution in [2.45, 2.75) is 45.6 Å². The van der Waals surface area contributed by atoms with Gasteiger partial charge >= 0.3 is 0 Å². The van der Waals surface area contributed by atoms with E-state index in [0.29, 0.717) is 12.0 Å². The van der Waals surface area contributed by atoms with E-state index in [1.165, 1.54) is 19.4 Å². The highest BCUT2D eigenvalue weighted by atomic mass is 15.3. The van der Waals surface area contributed by atoms with Gasteiger partial charge in [0, 0.05) is 25.2 Å². The van der Waals surface area contributed by atoms with Crippen LogP contribution < -0.4 is 16.2 Å². The lowest BCUT2D eigenvalue weighted by atomic mass is 10.0. The van der Waals surface area contributed by atoms with Crippen molar-refractivity contribution in [2.24, 2.45) is 5.84 Å². The van der Waals surface area contributed by atoms with Gasteiger partial charge in [0.15, 0.2) is 0 Å². The van der Waals surface area contributed by atoms with Crippen LogP contribution in [0, 0.1) is 0 Å². The van der Waals surface area contributed by atoms with Crippen molar-refractivity contribution < 1.29 is 0 Å². The standard InChI is InChI=1S/C15H28N6/c1-5-21-8-6-7-12(21)9-20(4)15-13(11(2)3)14(19-16)17-10-18-15/h10-12H,5-9,16H2,1-4H3,(H,17,18,19). The summed E-state index contributed by atoms with van der Waals surface area (Å²) < 4.78 is 0. The summed E-state index contributed by atoms with van der Waals surface area (Å²) in [6, 6.07) is 0.615. The highest BCUT2D eigenvalue weighted by molar-refractivity contribution is 5.59. The third-order valence-electron chi connectivity index (χ3n) is 4.33. The number of nitrogen functional groups attached to an aromatic ring is 1. The van der Waals surface area contributed by atoms with Crippen molar-refractivity contribution in [1.82, 2.24) is 14.9 Å². The van der Waals surface area contributed by atoms with Crippen LogP contribution in [0.2, 0.25) is 0 Å². The Balaban J connectivity index is 2.20. The van der Waals surface area contributed by atoms with Crippen molar-refractivity contribution >= 4 is 11.6 Å². The second-order valence-corrected chi connectivity index (χ2v) is 6.06. The number of likely N-dealkylation sites (N-methyl/N-ethyl adjacent to an activating group) is 2. The Hall–Kier alpha value is -1.40. The average molecular weight is 292 g/mol. The second-order valence-electron chi connectivity index (χ2n) is 6.06. The van der Waals surface area contributed by atoms with E-state index in [9.17, 15) is 0 Å². The van der Waals surface area contributed by atoms with Crippen LogP contribution in [-0.4, -0.2) is 47.6 Å². The maximum Gasteiger partial charge on any atom is 0.148 e. The number of anilines is 2. The number of rotatable bonds is 6. The van der Waals surface area contributed by atoms with Crippen molar-refractivity contribution in [3.8, 4) is 0 Å². The highest BCUT2D eigenvalue weighted by Crippen LogP contribution is 2.30. The van der Waals surface area contributed by atoms with Gasteiger partial charge in [-0.05, 0) is 31.8 Å². The predicted octanol–water partition coefficient (Wildman–Crippen LogP) is 1.81. The molecule has 1 aromatic rings. The van der Waals surface area contributed by atoms with Gasteiger partial charge in [-0.15, -0.1) is 0 Å². The van der Waals surface area contributed by atoms with Crippen LogP contribution in [0.25, 0.3) is 0 Å². The maximum atomic E-state index is 5.60. The SMILES string of the molecule is CCN1CCCC1CN(C)c1ncnc(NN)c1C(C)C. The summed E-state index contributed by atoms with van der Waals surface area (Å²) in [4.78, 5) is 13.5. The molecule has 118 valence electrons. The fraction of sp³-hybridized carbons (Fsp3) is 0.733. The number of nitrogens with two attached hydrogens (primary N) is 1. The normalized spacial score (nSPS) is 19.2. The molecule has 1 atom stereocenters. The minimum atomic E-state index is 0.320. The van der Waals surface area contributed by atoms with Gasteiger partial charge < -0.3 is 10.3 Å². The zero-order chi connectivity index (χ0) is 15.4. The van der Waals surface area contributed by atoms with E-state index < -0.39 is 0 Å². The molecular weight excluding hydrogens is 264 g/mol. The van der Waals surface area contributed by atoms with Gasteiger partial charge in [0.1, 0.15) is 18.0 Å². The third-order valence-corrected chi connectivity index (χ3v) is 4.33. The molecule has 6 heteroatoms. The number of hydrazine groups is 1. The second kappa shape index (κ2) is 7.04. The molecule has 0 amide bonds. The minimum Gasteiger partial charge on any atom is -0.358 e. The van der Waals surface area contributed by atoms with Crippen LogP contribution in [0.3, 0.4) is 0 Å². The average Bonchev–Trinajstić information content (AvgIpc) is 2.93. The highest BCUT2D eigenvalue weighted by Gasteiger charge is 2.26. The van der Waals surface area contributed by atoms with E-state index in [4.69, 9.17) is 5.84 Å². The lowest BCUT2D eigenvalue weighted by molar-refractivity contribution is 0.270. The van der Waals surface area contributed by atoms with Gasteiger partial charge in [-0.1, -0.05) is 20.8 Å². The quantitative estimate of drug-likeness (QED) is 0.615. The topological polar surface area (TPSA) is 70.3 Å². The molecule has 6 nitrogen and oxygen atoms in total. The summed E-state index contributed by atoms with van der Waals surface area (Å²) in [5, 5.41) is 0. The van der Waals surface area contributed by atoms with Gasteiger partial charge in [0.05, 0.1) is 0 Å². The summed E-state index contributed by atoms with van der Waals surface area (Å²) in [5.41, 5.74) is 3.78. The van der Waals surface area contributed by atoms with Gasteiger partial charge in [-0.25, -0.2) is 15.8 Å². The predicted molar refractivity (Wildman–Crippen MR) is 87.5 cm³/mol. The first kappa shape index (κ1) is 16.0. The molecule has 3 N–H and O–H groups in total. The largest absolute Gasteiger partial charge is 0.358 e. The number of hydrogen-bond donors (Lipinski definition) is 2. The lowest BCUT2D eigenvalue weighted by Gasteiger charge is -2.30. The van der Waals surface area contributed by atoms with Crippen molar-refractivity contribution in [1.29, 1.82) is 0 Å². The van der Waals surface area contributed by atoms with E-state index in [0.717, 1.165) is 30.3 Å². The van der Waals surface area contributed by atoms with Crippen LogP contribution in [0.1, 0.15) is 45.1 Å². The molecule has 1 aliphatic rings. The Labute approximate surface area is 127 Å². The van der Waals surface area contributed by atoms with Crippen LogP contribution in [0.4, 0.5) is 11.6 Å². The minimum absolute atomic E-state index is 0.320. The van der Waals surface area contributed by atoms with Gasteiger partial charge in [0.2, 0.25) is 0 Å². The summed E-state index contributed by atoms with van der Waals surface area (Å²) in [6.45, 7) is 9.85. The van der Waals surface area contributed by atoms with Crippen molar-refractivity contribution in [2.75, 3.05) is 37.0 Å². The Kier molecular flexibility index (Phi) is 5.36. The molecule has 2 heterocycles. The fourth-order valence-electron chi connectivity index (χ4n) is 3.26. The van der Waals surface area contributed by atoms with E-state index in [1.54, 1.807) is 6.33 Å². The molecule has 1 unspecified atom stereocenters. The molecule has 2 rings (SSSR count). The third kappa shape index (κ3) is 3.44. The molecule has 0 aromatic carbocycles. The molecule has 0 saturated carbocycles. The Morgan fingerprint density at radius 2 is 2.24 bits per heavy atom. The number of aromatic nitrogens is 2. The summed E-state index contributed by atoms with van der Waals surface area (Å²) in [5.74, 6) is 7.62. The first-order valence-electron chi connectivity index (χ1n) is 7.85. The molecule has 1 aliphatic heterocycles. The lowest BCUT2D eigenvalue weighted by Crippen LogP contribution is -2.39. The maximum absolute atomic E-state index is 5.60. The van der Waals surface area contributed by atoms with Crippen LogP contribution >= 0.6 is 0 Å². The van der Waals surface area contributed by atoms with E-state index >= 15 is 0 Å². The molecule has 0 aliphatic carbocycles. The first-order valence-corrected chi connectivity index (χ1v) is 7.85. The molecule has 0 radical (unpaired) electrons. The molecule has 1 saturated heterocycles. The van der Waals surface area contributed by atoms with Gasteiger partial charge in [0.25, 0.3) is 0 Å². The smallest absolute Gasteiger partial charge is 0.148 e. The van der Waals surface area contributed by atoms with Crippen LogP contribution in [0.15, 0.2) is 6.33 Å². The zero-order valence-electron chi connectivity index (χ0n) is 13.6. The van der Waals surface area contributed by atoms with Gasteiger partial charge in [-0.3, -0.25) is 4.90 Å².